The zero-order chi connectivity index (χ0) is 27.5. The zero-order valence-corrected chi connectivity index (χ0v) is 23.6. The number of rotatable bonds is 14. The average molecular weight is 557 g/mol. The molecule has 0 bridgehead atoms. The van der Waals surface area contributed by atoms with Crippen LogP contribution < -0.4 is 10.0 Å². The molecular formula is C29H36N2O5S2. The Morgan fingerprint density at radius 2 is 1.68 bits per heavy atom. The molecule has 0 unspecified atom stereocenters. The van der Waals surface area contributed by atoms with Gasteiger partial charge in [0.25, 0.3) is 5.91 Å². The molecule has 0 saturated carbocycles. The van der Waals surface area contributed by atoms with Crippen LogP contribution in [-0.4, -0.2) is 57.2 Å². The van der Waals surface area contributed by atoms with Crippen molar-refractivity contribution < 1.29 is 23.1 Å². The number of benzene rings is 3. The maximum Gasteiger partial charge on any atom is 0.265 e. The van der Waals surface area contributed by atoms with Crippen molar-refractivity contribution in [3.05, 3.63) is 89.5 Å². The van der Waals surface area contributed by atoms with Crippen LogP contribution in [0.25, 0.3) is 11.1 Å². The summed E-state index contributed by atoms with van der Waals surface area (Å²) in [6.07, 6.45) is 0.291. The SMILES string of the molecule is COCCS(=O)(=O)NC(=O)c1ccc(-c2ccc(CCNC[C@@H](O)c3ccccc3)cc2)cc1SC(C)C. The Hall–Kier alpha value is -2.69. The molecule has 3 rings (SSSR count). The van der Waals surface area contributed by atoms with Crippen LogP contribution in [0.5, 0.6) is 0 Å². The molecule has 3 aromatic rings. The van der Waals surface area contributed by atoms with Crippen molar-refractivity contribution in [2.24, 2.45) is 0 Å². The number of aliphatic hydroxyl groups excluding tert-OH is 1. The molecule has 9 heteroatoms. The molecule has 3 aromatic carbocycles. The van der Waals surface area contributed by atoms with E-state index in [1.807, 2.05) is 68.4 Å². The maximum absolute atomic E-state index is 12.8. The van der Waals surface area contributed by atoms with Crippen molar-refractivity contribution in [1.82, 2.24) is 10.0 Å². The molecule has 0 aliphatic rings. The Kier molecular flexibility index (Phi) is 11.4. The molecule has 204 valence electrons. The quantitative estimate of drug-likeness (QED) is 0.199. The number of ether oxygens (including phenoxy) is 1. The molecule has 0 aromatic heterocycles. The lowest BCUT2D eigenvalue weighted by atomic mass is 10.0. The summed E-state index contributed by atoms with van der Waals surface area (Å²) in [4.78, 5) is 13.5. The number of hydrogen-bond acceptors (Lipinski definition) is 7. The third-order valence-electron chi connectivity index (χ3n) is 5.79. The molecule has 0 aliphatic carbocycles. The molecule has 0 heterocycles. The monoisotopic (exact) mass is 556 g/mol. The van der Waals surface area contributed by atoms with Crippen molar-refractivity contribution >= 4 is 27.7 Å². The molecule has 0 aliphatic heterocycles. The van der Waals surface area contributed by atoms with Gasteiger partial charge < -0.3 is 15.2 Å². The lowest BCUT2D eigenvalue weighted by molar-refractivity contribution is 0.0978. The van der Waals surface area contributed by atoms with Crippen LogP contribution in [0.15, 0.2) is 77.7 Å². The fourth-order valence-electron chi connectivity index (χ4n) is 3.81. The fraction of sp³-hybridized carbons (Fsp3) is 0.345. The number of carbonyl (C=O) groups is 1. The van der Waals surface area contributed by atoms with Gasteiger partial charge in [0.2, 0.25) is 10.0 Å². The van der Waals surface area contributed by atoms with Gasteiger partial charge in [-0.1, -0.05) is 74.5 Å². The molecule has 0 saturated heterocycles. The van der Waals surface area contributed by atoms with E-state index in [4.69, 9.17) is 4.74 Å². The number of hydrogen-bond donors (Lipinski definition) is 3. The van der Waals surface area contributed by atoms with E-state index in [9.17, 15) is 18.3 Å². The van der Waals surface area contributed by atoms with E-state index in [2.05, 4.69) is 22.2 Å². The number of sulfonamides is 1. The number of amides is 1. The van der Waals surface area contributed by atoms with Crippen molar-refractivity contribution in [2.45, 2.75) is 36.5 Å². The Bertz CT molecular complexity index is 1280. The van der Waals surface area contributed by atoms with Crippen LogP contribution in [0.3, 0.4) is 0 Å². The summed E-state index contributed by atoms with van der Waals surface area (Å²) >= 11 is 1.51. The summed E-state index contributed by atoms with van der Waals surface area (Å²) < 4.78 is 31.3. The lowest BCUT2D eigenvalue weighted by Gasteiger charge is -2.14. The number of nitrogens with one attached hydrogen (secondary N) is 2. The van der Waals surface area contributed by atoms with Gasteiger partial charge in [-0.2, -0.15) is 0 Å². The standard InChI is InChI=1S/C29H36N2O5S2/c1-21(2)37-28-19-25(13-14-26(28)29(33)31-38(34,35)18-17-36-3)23-11-9-22(10-12-23)15-16-30-20-27(32)24-7-5-4-6-8-24/h4-14,19,21,27,30,32H,15-18,20H2,1-3H3,(H,31,33)/t27-/m1/s1. The van der Waals surface area contributed by atoms with Crippen molar-refractivity contribution in [1.29, 1.82) is 0 Å². The summed E-state index contributed by atoms with van der Waals surface area (Å²) in [6.45, 7) is 5.30. The molecule has 38 heavy (non-hydrogen) atoms. The minimum atomic E-state index is -3.79. The number of aliphatic hydroxyl groups is 1. The van der Waals surface area contributed by atoms with Crippen molar-refractivity contribution in [3.8, 4) is 11.1 Å². The summed E-state index contributed by atoms with van der Waals surface area (Å²) in [5, 5.41) is 13.8. The van der Waals surface area contributed by atoms with E-state index in [1.165, 1.54) is 24.4 Å². The van der Waals surface area contributed by atoms with Crippen LogP contribution >= 0.6 is 11.8 Å². The lowest BCUT2D eigenvalue weighted by Crippen LogP contribution is -2.34. The number of carbonyl (C=O) groups excluding carboxylic acids is 1. The second kappa shape index (κ2) is 14.5. The maximum atomic E-state index is 12.8. The molecule has 3 N–H and O–H groups in total. The van der Waals surface area contributed by atoms with E-state index >= 15 is 0 Å². The largest absolute Gasteiger partial charge is 0.387 e. The molecule has 0 spiro atoms. The minimum absolute atomic E-state index is 0.0108. The predicted octanol–water partition coefficient (Wildman–Crippen LogP) is 4.43. The molecule has 7 nitrogen and oxygen atoms in total. The summed E-state index contributed by atoms with van der Waals surface area (Å²) in [5.74, 6) is -0.925. The first-order valence-electron chi connectivity index (χ1n) is 12.6. The molecule has 1 atom stereocenters. The van der Waals surface area contributed by atoms with E-state index in [-0.39, 0.29) is 17.6 Å². The van der Waals surface area contributed by atoms with Crippen LogP contribution in [0.2, 0.25) is 0 Å². The summed E-state index contributed by atoms with van der Waals surface area (Å²) in [5.41, 5.74) is 4.35. The van der Waals surface area contributed by atoms with Gasteiger partial charge in [0.05, 0.1) is 24.0 Å². The van der Waals surface area contributed by atoms with E-state index in [1.54, 1.807) is 6.07 Å². The van der Waals surface area contributed by atoms with Gasteiger partial charge in [-0.15, -0.1) is 11.8 Å². The van der Waals surface area contributed by atoms with Crippen LogP contribution in [0.1, 0.15) is 41.4 Å². The summed E-state index contributed by atoms with van der Waals surface area (Å²) in [6, 6.07) is 23.3. The van der Waals surface area contributed by atoms with Crippen molar-refractivity contribution in [2.75, 3.05) is 32.6 Å². The first-order valence-corrected chi connectivity index (χ1v) is 15.1. The van der Waals surface area contributed by atoms with Crippen LogP contribution in [-0.2, 0) is 21.2 Å². The van der Waals surface area contributed by atoms with Gasteiger partial charge in [-0.3, -0.25) is 4.79 Å². The van der Waals surface area contributed by atoms with E-state index in [0.29, 0.717) is 12.1 Å². The number of thioether (sulfide) groups is 1. The zero-order valence-electron chi connectivity index (χ0n) is 22.0. The Balaban J connectivity index is 1.64. The number of methoxy groups -OCH3 is 1. The Labute approximate surface area is 230 Å². The second-order valence-electron chi connectivity index (χ2n) is 9.20. The second-order valence-corrected chi connectivity index (χ2v) is 12.7. The van der Waals surface area contributed by atoms with Gasteiger partial charge in [0.1, 0.15) is 0 Å². The van der Waals surface area contributed by atoms with Crippen LogP contribution in [0.4, 0.5) is 0 Å². The summed E-state index contributed by atoms with van der Waals surface area (Å²) in [7, 11) is -2.37. The molecule has 1 amide bonds. The van der Waals surface area contributed by atoms with Crippen molar-refractivity contribution in [3.63, 3.8) is 0 Å². The Morgan fingerprint density at radius 3 is 2.34 bits per heavy atom. The third-order valence-corrected chi connectivity index (χ3v) is 8.06. The van der Waals surface area contributed by atoms with Gasteiger partial charge in [-0.25, -0.2) is 13.1 Å². The highest BCUT2D eigenvalue weighted by atomic mass is 32.2. The highest BCUT2D eigenvalue weighted by Crippen LogP contribution is 2.32. The highest BCUT2D eigenvalue weighted by Gasteiger charge is 2.20. The van der Waals surface area contributed by atoms with Crippen LogP contribution in [0, 0.1) is 0 Å². The van der Waals surface area contributed by atoms with Gasteiger partial charge >= 0.3 is 0 Å². The van der Waals surface area contributed by atoms with E-state index in [0.717, 1.165) is 34.6 Å². The van der Waals surface area contributed by atoms with Gasteiger partial charge in [0.15, 0.2) is 0 Å². The topological polar surface area (TPSA) is 105 Å². The third kappa shape index (κ3) is 9.25. The molecule has 0 radical (unpaired) electrons. The van der Waals surface area contributed by atoms with Gasteiger partial charge in [0, 0.05) is 23.8 Å². The average Bonchev–Trinajstić information content (AvgIpc) is 2.90. The predicted molar refractivity (Wildman–Crippen MR) is 154 cm³/mol. The first kappa shape index (κ1) is 29.9. The van der Waals surface area contributed by atoms with Gasteiger partial charge in [-0.05, 0) is 47.4 Å². The normalized spacial score (nSPS) is 12.4. The molecular weight excluding hydrogens is 520 g/mol. The Morgan fingerprint density at radius 1 is 1.00 bits per heavy atom. The minimum Gasteiger partial charge on any atom is -0.387 e. The first-order chi connectivity index (χ1) is 18.2. The molecule has 0 fully saturated rings. The highest BCUT2D eigenvalue weighted by molar-refractivity contribution is 8.00. The smallest absolute Gasteiger partial charge is 0.265 e. The fourth-order valence-corrected chi connectivity index (χ4v) is 5.68. The van der Waals surface area contributed by atoms with E-state index < -0.39 is 22.0 Å².